The number of carbonyl (C=O) groups excluding carboxylic acids is 2. The van der Waals surface area contributed by atoms with Crippen molar-refractivity contribution < 1.29 is 14.3 Å². The fraction of sp³-hybridized carbons (Fsp3) is 0.520. The number of nitrogens with zero attached hydrogens (tertiary/aromatic N) is 4. The van der Waals surface area contributed by atoms with E-state index in [0.29, 0.717) is 37.2 Å². The summed E-state index contributed by atoms with van der Waals surface area (Å²) in [6.07, 6.45) is 6.60. The molecule has 7 nitrogen and oxygen atoms in total. The van der Waals surface area contributed by atoms with Gasteiger partial charge in [-0.1, -0.05) is 32.0 Å². The van der Waals surface area contributed by atoms with E-state index >= 15 is 0 Å². The molecule has 2 atom stereocenters. The summed E-state index contributed by atoms with van der Waals surface area (Å²) in [6.45, 7) is 7.42. The largest absolute Gasteiger partial charge is 0.493 e. The maximum Gasteiger partial charge on any atom is 0.274 e. The molecule has 1 aromatic heterocycles. The number of aromatic nitrogens is 2. The highest BCUT2D eigenvalue weighted by molar-refractivity contribution is 5.92. The van der Waals surface area contributed by atoms with E-state index in [1.54, 1.807) is 12.4 Å². The number of ether oxygens (including phenoxy) is 1. The summed E-state index contributed by atoms with van der Waals surface area (Å²) in [4.78, 5) is 37.6. The van der Waals surface area contributed by atoms with Crippen LogP contribution in [0.15, 0.2) is 48.9 Å². The topological polar surface area (TPSA) is 75.6 Å². The Labute approximate surface area is 189 Å². The van der Waals surface area contributed by atoms with Gasteiger partial charge >= 0.3 is 0 Å². The summed E-state index contributed by atoms with van der Waals surface area (Å²) in [5.41, 5.74) is 0.383. The first-order valence-electron chi connectivity index (χ1n) is 11.5. The van der Waals surface area contributed by atoms with Crippen LogP contribution >= 0.6 is 0 Å². The summed E-state index contributed by atoms with van der Waals surface area (Å²) in [6, 6.07) is 9.82. The number of amides is 2. The standard InChI is InChI=1S/C25H32N4O3/c1-18(2)24(30)28-12-8-19(9-13-28)22-16-29(25(31)23-14-26-10-11-27-23)15-20(22)17-32-21-6-4-3-5-7-21/h3-7,10-11,14,18-20,22H,8-9,12-13,15-17H2,1-2H3/t20-,22-/m0/s1. The molecule has 7 heteroatoms. The van der Waals surface area contributed by atoms with Gasteiger partial charge in [-0.3, -0.25) is 14.6 Å². The van der Waals surface area contributed by atoms with Crippen LogP contribution in [0.1, 0.15) is 37.2 Å². The highest BCUT2D eigenvalue weighted by Gasteiger charge is 2.42. The van der Waals surface area contributed by atoms with E-state index < -0.39 is 0 Å². The number of rotatable bonds is 6. The van der Waals surface area contributed by atoms with Crippen LogP contribution < -0.4 is 4.74 Å². The smallest absolute Gasteiger partial charge is 0.274 e. The van der Waals surface area contributed by atoms with Crippen LogP contribution in [0.3, 0.4) is 0 Å². The van der Waals surface area contributed by atoms with E-state index in [1.165, 1.54) is 6.20 Å². The molecular weight excluding hydrogens is 404 g/mol. The van der Waals surface area contributed by atoms with E-state index in [1.807, 2.05) is 54.0 Å². The van der Waals surface area contributed by atoms with Crippen LogP contribution in [-0.2, 0) is 4.79 Å². The second-order valence-corrected chi connectivity index (χ2v) is 9.17. The molecule has 2 aliphatic heterocycles. The van der Waals surface area contributed by atoms with Crippen LogP contribution in [0.25, 0.3) is 0 Å². The number of likely N-dealkylation sites (tertiary alicyclic amines) is 2. The third-order valence-corrected chi connectivity index (χ3v) is 6.72. The minimum absolute atomic E-state index is 0.0325. The fourth-order valence-electron chi connectivity index (χ4n) is 4.98. The van der Waals surface area contributed by atoms with E-state index in [2.05, 4.69) is 9.97 Å². The average molecular weight is 437 g/mol. The van der Waals surface area contributed by atoms with Crippen molar-refractivity contribution in [1.29, 1.82) is 0 Å². The number of benzene rings is 1. The second-order valence-electron chi connectivity index (χ2n) is 9.17. The van der Waals surface area contributed by atoms with Crippen molar-refractivity contribution in [2.24, 2.45) is 23.7 Å². The molecule has 2 amide bonds. The lowest BCUT2D eigenvalue weighted by atomic mass is 9.78. The van der Waals surface area contributed by atoms with Gasteiger partial charge in [-0.25, -0.2) is 4.98 Å². The molecule has 170 valence electrons. The maximum absolute atomic E-state index is 13.0. The van der Waals surface area contributed by atoms with Gasteiger partial charge < -0.3 is 14.5 Å². The van der Waals surface area contributed by atoms with Gasteiger partial charge in [0.15, 0.2) is 0 Å². The molecule has 0 bridgehead atoms. The summed E-state index contributed by atoms with van der Waals surface area (Å²) >= 11 is 0. The zero-order valence-electron chi connectivity index (χ0n) is 18.9. The monoisotopic (exact) mass is 436 g/mol. The third kappa shape index (κ3) is 5.09. The van der Waals surface area contributed by atoms with Crippen molar-refractivity contribution in [3.05, 3.63) is 54.6 Å². The number of hydrogen-bond donors (Lipinski definition) is 0. The minimum atomic E-state index is -0.0715. The van der Waals surface area contributed by atoms with Gasteiger partial charge in [0.05, 0.1) is 12.8 Å². The Morgan fingerprint density at radius 2 is 1.81 bits per heavy atom. The Morgan fingerprint density at radius 1 is 1.06 bits per heavy atom. The lowest BCUT2D eigenvalue weighted by molar-refractivity contribution is -0.136. The Hall–Kier alpha value is -2.96. The van der Waals surface area contributed by atoms with Crippen molar-refractivity contribution >= 4 is 11.8 Å². The molecule has 2 aromatic rings. The van der Waals surface area contributed by atoms with Gasteiger partial charge in [0, 0.05) is 50.4 Å². The number of para-hydroxylation sites is 1. The van der Waals surface area contributed by atoms with Gasteiger partial charge in [-0.2, -0.15) is 0 Å². The van der Waals surface area contributed by atoms with Crippen molar-refractivity contribution in [2.75, 3.05) is 32.8 Å². The molecule has 32 heavy (non-hydrogen) atoms. The zero-order chi connectivity index (χ0) is 22.5. The molecule has 0 N–H and O–H groups in total. The SMILES string of the molecule is CC(C)C(=O)N1CCC([C@@H]2CN(C(=O)c3cnccn3)C[C@H]2COc2ccccc2)CC1. The van der Waals surface area contributed by atoms with Crippen LogP contribution in [-0.4, -0.2) is 64.4 Å². The minimum Gasteiger partial charge on any atom is -0.493 e. The molecule has 0 unspecified atom stereocenters. The molecule has 2 saturated heterocycles. The third-order valence-electron chi connectivity index (χ3n) is 6.72. The van der Waals surface area contributed by atoms with Gasteiger partial charge in [0.1, 0.15) is 11.4 Å². The van der Waals surface area contributed by atoms with Crippen LogP contribution in [0.4, 0.5) is 0 Å². The Kier molecular flexibility index (Phi) is 7.02. The molecule has 2 aliphatic rings. The van der Waals surface area contributed by atoms with Crippen molar-refractivity contribution in [3.63, 3.8) is 0 Å². The Bertz CT molecular complexity index is 898. The number of piperidine rings is 1. The quantitative estimate of drug-likeness (QED) is 0.695. The number of carbonyl (C=O) groups is 2. The highest BCUT2D eigenvalue weighted by atomic mass is 16.5. The molecule has 4 rings (SSSR count). The van der Waals surface area contributed by atoms with E-state index in [0.717, 1.165) is 31.7 Å². The van der Waals surface area contributed by atoms with E-state index in [9.17, 15) is 9.59 Å². The molecule has 0 radical (unpaired) electrons. The molecule has 0 saturated carbocycles. The maximum atomic E-state index is 13.0. The van der Waals surface area contributed by atoms with E-state index in [4.69, 9.17) is 4.74 Å². The Balaban J connectivity index is 1.44. The van der Waals surface area contributed by atoms with Gasteiger partial charge in [0.2, 0.25) is 5.91 Å². The lowest BCUT2D eigenvalue weighted by Crippen LogP contribution is -2.43. The predicted octanol–water partition coefficient (Wildman–Crippen LogP) is 3.14. The molecule has 2 fully saturated rings. The van der Waals surface area contributed by atoms with Crippen LogP contribution in [0, 0.1) is 23.7 Å². The highest BCUT2D eigenvalue weighted by Crippen LogP contribution is 2.37. The second kappa shape index (κ2) is 10.1. The summed E-state index contributed by atoms with van der Waals surface area (Å²) in [5, 5.41) is 0. The van der Waals surface area contributed by atoms with Crippen molar-refractivity contribution in [1.82, 2.24) is 19.8 Å². The van der Waals surface area contributed by atoms with Crippen molar-refractivity contribution in [3.8, 4) is 5.75 Å². The average Bonchev–Trinajstić information content (AvgIpc) is 3.27. The summed E-state index contributed by atoms with van der Waals surface area (Å²) < 4.78 is 6.11. The normalized spacial score (nSPS) is 21.7. The van der Waals surface area contributed by atoms with Crippen LogP contribution in [0.2, 0.25) is 0 Å². The molecule has 0 spiro atoms. The van der Waals surface area contributed by atoms with Gasteiger partial charge in [-0.15, -0.1) is 0 Å². The first kappa shape index (κ1) is 22.2. The predicted molar refractivity (Wildman–Crippen MR) is 121 cm³/mol. The Morgan fingerprint density at radius 3 is 2.47 bits per heavy atom. The molecule has 3 heterocycles. The van der Waals surface area contributed by atoms with Crippen LogP contribution in [0.5, 0.6) is 5.75 Å². The molecular formula is C25H32N4O3. The fourth-order valence-corrected chi connectivity index (χ4v) is 4.98. The van der Waals surface area contributed by atoms with Gasteiger partial charge in [-0.05, 0) is 36.8 Å². The summed E-state index contributed by atoms with van der Waals surface area (Å²) in [7, 11) is 0. The first-order valence-corrected chi connectivity index (χ1v) is 11.5. The summed E-state index contributed by atoms with van der Waals surface area (Å²) in [5.74, 6) is 2.10. The van der Waals surface area contributed by atoms with Crippen molar-refractivity contribution in [2.45, 2.75) is 26.7 Å². The lowest BCUT2D eigenvalue weighted by Gasteiger charge is -2.37. The first-order chi connectivity index (χ1) is 15.5. The van der Waals surface area contributed by atoms with E-state index in [-0.39, 0.29) is 23.7 Å². The zero-order valence-corrected chi connectivity index (χ0v) is 18.9. The number of hydrogen-bond acceptors (Lipinski definition) is 5. The molecule has 0 aliphatic carbocycles. The molecule has 1 aromatic carbocycles. The van der Waals surface area contributed by atoms with Gasteiger partial charge in [0.25, 0.3) is 5.91 Å².